The lowest BCUT2D eigenvalue weighted by Crippen LogP contribution is -2.31. The van der Waals surface area contributed by atoms with Crippen molar-refractivity contribution in [2.75, 3.05) is 39.5 Å². The number of aliphatic hydroxyl groups is 1. The molecule has 0 aromatic heterocycles. The van der Waals surface area contributed by atoms with Crippen LogP contribution in [0.5, 0.6) is 0 Å². The van der Waals surface area contributed by atoms with E-state index in [1.54, 1.807) is 0 Å². The second-order valence-electron chi connectivity index (χ2n) is 25.9. The van der Waals surface area contributed by atoms with Crippen molar-refractivity contribution in [3.8, 4) is 0 Å². The zero-order chi connectivity index (χ0) is 71.7. The lowest BCUT2D eigenvalue weighted by atomic mass is 10.1. The molecule has 0 spiro atoms. The molecule has 0 aliphatic rings. The van der Waals surface area contributed by atoms with Gasteiger partial charge in [-0.25, -0.2) is 0 Å². The molecule has 0 amide bonds. The Balaban J connectivity index is 4.25. The maximum Gasteiger partial charge on any atom is 0.307 e. The number of hydrogen-bond donors (Lipinski definition) is 1. The van der Waals surface area contributed by atoms with E-state index in [1.807, 2.05) is 4.90 Å². The molecule has 0 aromatic carbocycles. The van der Waals surface area contributed by atoms with E-state index in [0.29, 0.717) is 65.0 Å². The van der Waals surface area contributed by atoms with Gasteiger partial charge in [0.2, 0.25) is 0 Å². The number of carbonyl (C=O) groups is 4. The number of ether oxygens (including phenoxy) is 4. The first kappa shape index (κ1) is 93.2. The van der Waals surface area contributed by atoms with Crippen LogP contribution < -0.4 is 0 Å². The predicted octanol–water partition coefficient (Wildman–Crippen LogP) is 24.6. The molecular formula is C89H145NO9. The van der Waals surface area contributed by atoms with E-state index in [-0.39, 0.29) is 55.5 Å². The third kappa shape index (κ3) is 74.7. The summed E-state index contributed by atoms with van der Waals surface area (Å²) in [7, 11) is 0. The topological polar surface area (TPSA) is 129 Å². The van der Waals surface area contributed by atoms with Gasteiger partial charge in [-0.3, -0.25) is 19.2 Å². The van der Waals surface area contributed by atoms with Gasteiger partial charge >= 0.3 is 23.9 Å². The summed E-state index contributed by atoms with van der Waals surface area (Å²) in [5.74, 6) is -0.663. The van der Waals surface area contributed by atoms with E-state index in [0.717, 1.165) is 205 Å². The smallest absolute Gasteiger partial charge is 0.307 e. The number of nitrogens with zero attached hydrogens (tertiary/aromatic N) is 1. The average Bonchev–Trinajstić information content (AvgIpc) is 2.54. The number of rotatable bonds is 71. The fourth-order valence-corrected chi connectivity index (χ4v) is 10.7. The molecule has 0 heterocycles. The second-order valence-corrected chi connectivity index (χ2v) is 25.9. The minimum Gasteiger partial charge on any atom is -0.466 e. The Hall–Kier alpha value is -5.84. The molecule has 0 saturated carbocycles. The summed E-state index contributed by atoms with van der Waals surface area (Å²) in [6.07, 6.45) is 104. The molecule has 0 aliphatic carbocycles. The maximum absolute atomic E-state index is 12.8. The first-order valence-electron chi connectivity index (χ1n) is 39.9. The Kier molecular flexibility index (Phi) is 74.8. The van der Waals surface area contributed by atoms with E-state index >= 15 is 0 Å². The van der Waals surface area contributed by atoms with E-state index in [9.17, 15) is 24.3 Å². The molecule has 10 heteroatoms. The molecule has 10 nitrogen and oxygen atoms in total. The summed E-state index contributed by atoms with van der Waals surface area (Å²) in [5, 5.41) is 9.48. The Morgan fingerprint density at radius 2 is 0.586 bits per heavy atom. The van der Waals surface area contributed by atoms with Crippen molar-refractivity contribution in [3.05, 3.63) is 170 Å². The van der Waals surface area contributed by atoms with Crippen molar-refractivity contribution < 1.29 is 43.2 Å². The Bertz CT molecular complexity index is 2130. The van der Waals surface area contributed by atoms with Crippen molar-refractivity contribution >= 4 is 23.9 Å². The summed E-state index contributed by atoms with van der Waals surface area (Å²) in [4.78, 5) is 52.8. The molecule has 0 bridgehead atoms. The van der Waals surface area contributed by atoms with Gasteiger partial charge in [0.15, 0.2) is 0 Å². The van der Waals surface area contributed by atoms with Crippen LogP contribution in [0.15, 0.2) is 170 Å². The molecule has 0 rings (SSSR count). The van der Waals surface area contributed by atoms with Gasteiger partial charge in [-0.1, -0.05) is 288 Å². The average molecular weight is 1370 g/mol. The van der Waals surface area contributed by atoms with Crippen LogP contribution in [0.3, 0.4) is 0 Å². The second kappa shape index (κ2) is 79.5. The number of hydrogen-bond acceptors (Lipinski definition) is 10. The van der Waals surface area contributed by atoms with Gasteiger partial charge in [0.05, 0.1) is 26.1 Å². The van der Waals surface area contributed by atoms with Crippen molar-refractivity contribution in [2.24, 2.45) is 0 Å². The van der Waals surface area contributed by atoms with Crippen molar-refractivity contribution in [3.63, 3.8) is 0 Å². The zero-order valence-electron chi connectivity index (χ0n) is 63.5. The molecular weight excluding hydrogens is 1230 g/mol. The molecule has 0 fully saturated rings. The van der Waals surface area contributed by atoms with Gasteiger partial charge in [-0.05, 0) is 161 Å². The third-order valence-corrected chi connectivity index (χ3v) is 16.7. The molecule has 0 radical (unpaired) electrons. The standard InChI is InChI=1S/C89H145NO9/c1-5-9-13-17-19-21-23-25-27-29-31-33-35-37-39-45-51-57-65-74-88(94)98-84(70-61-15-11-7-3)72-63-55-49-43-41-47-53-59-67-82-96-86(92)76-79-90(78-69-81-91)80-77-87(93)97-83-68-60-54-48-42-44-50-56-64-73-85(71-62-16-12-8-4)99-89(95)75-66-58-52-46-40-38-36-34-32-30-28-26-24-22-20-18-14-10-6-2/h9-10,13-14,19-22,25-28,31-34,37-40,51-52,55-58,63-64,84-85,91H,5-8,11-12,15-18,23-24,29-30,35-36,41-50,53-54,59-62,65-83H2,1-4H3/b13-9-,14-10-,21-19-,22-20-,27-25-,28-26-,33-31-,34-32-,39-37-,40-38-,57-51-,58-52-,63-55-,64-56-. The van der Waals surface area contributed by atoms with E-state index in [1.165, 1.54) is 38.5 Å². The first-order valence-corrected chi connectivity index (χ1v) is 39.9. The highest BCUT2D eigenvalue weighted by atomic mass is 16.6. The van der Waals surface area contributed by atoms with Gasteiger partial charge in [-0.2, -0.15) is 0 Å². The molecule has 0 aliphatic heterocycles. The molecule has 2 unspecified atom stereocenters. The first-order chi connectivity index (χ1) is 48.8. The summed E-state index contributed by atoms with van der Waals surface area (Å²) in [6.45, 7) is 11.2. The summed E-state index contributed by atoms with van der Waals surface area (Å²) >= 11 is 0. The summed E-state index contributed by atoms with van der Waals surface area (Å²) < 4.78 is 23.1. The van der Waals surface area contributed by atoms with E-state index in [4.69, 9.17) is 18.9 Å². The molecule has 0 saturated heterocycles. The van der Waals surface area contributed by atoms with Gasteiger partial charge in [0.1, 0.15) is 12.2 Å². The fourth-order valence-electron chi connectivity index (χ4n) is 10.7. The number of esters is 4. The lowest BCUT2D eigenvalue weighted by Gasteiger charge is -2.21. The predicted molar refractivity (Wildman–Crippen MR) is 424 cm³/mol. The van der Waals surface area contributed by atoms with Crippen LogP contribution in [0.4, 0.5) is 0 Å². The Morgan fingerprint density at radius 1 is 0.293 bits per heavy atom. The lowest BCUT2D eigenvalue weighted by molar-refractivity contribution is -0.150. The van der Waals surface area contributed by atoms with Gasteiger partial charge in [0.25, 0.3) is 0 Å². The van der Waals surface area contributed by atoms with Gasteiger partial charge in [0, 0.05) is 51.9 Å². The normalized spacial score (nSPS) is 13.4. The monoisotopic (exact) mass is 1370 g/mol. The molecule has 2 atom stereocenters. The number of allylic oxidation sites excluding steroid dienone is 26. The SMILES string of the molecule is CC/C=C\C/C=C\C/C=C\C/C=C\C/C=C\C/C=C\CCC(=O)OC(C/C=C\CCCCCCCCOC(=O)CCN(CCCO)CCC(=O)OCCCCCCCC/C=C\CC(CCCCCC)OC(=O)CC/C=C\C/C=C\C/C=C\C/C=C\C/C=C\C/C=C\CC)CCCCCC. The number of carbonyl (C=O) groups excluding carboxylic acids is 4. The van der Waals surface area contributed by atoms with Crippen LogP contribution in [0.25, 0.3) is 0 Å². The fraction of sp³-hybridized carbons (Fsp3) is 0.640. The number of aliphatic hydroxyl groups excluding tert-OH is 1. The Morgan fingerprint density at radius 3 is 0.909 bits per heavy atom. The summed E-state index contributed by atoms with van der Waals surface area (Å²) in [6, 6.07) is 0. The van der Waals surface area contributed by atoms with Crippen LogP contribution in [0.2, 0.25) is 0 Å². The highest BCUT2D eigenvalue weighted by molar-refractivity contribution is 5.71. The zero-order valence-corrected chi connectivity index (χ0v) is 63.5. The van der Waals surface area contributed by atoms with Crippen LogP contribution in [0.1, 0.15) is 317 Å². The largest absolute Gasteiger partial charge is 0.466 e. The van der Waals surface area contributed by atoms with Crippen LogP contribution in [0, 0.1) is 0 Å². The third-order valence-electron chi connectivity index (χ3n) is 16.7. The molecule has 99 heavy (non-hydrogen) atoms. The minimum absolute atomic E-state index is 0.0524. The van der Waals surface area contributed by atoms with E-state index < -0.39 is 0 Å². The van der Waals surface area contributed by atoms with Crippen molar-refractivity contribution in [1.82, 2.24) is 4.90 Å². The number of unbranched alkanes of at least 4 members (excludes halogenated alkanes) is 18. The maximum atomic E-state index is 12.8. The van der Waals surface area contributed by atoms with Gasteiger partial charge < -0.3 is 29.0 Å². The van der Waals surface area contributed by atoms with Crippen LogP contribution in [-0.2, 0) is 38.1 Å². The van der Waals surface area contributed by atoms with Crippen LogP contribution >= 0.6 is 0 Å². The minimum atomic E-state index is -0.227. The molecule has 0 aromatic rings. The molecule has 1 N–H and O–H groups in total. The molecule has 560 valence electrons. The summed E-state index contributed by atoms with van der Waals surface area (Å²) in [5.41, 5.74) is 0. The van der Waals surface area contributed by atoms with Gasteiger partial charge in [-0.15, -0.1) is 0 Å². The van der Waals surface area contributed by atoms with Crippen LogP contribution in [-0.4, -0.2) is 85.5 Å². The van der Waals surface area contributed by atoms with Crippen molar-refractivity contribution in [1.29, 1.82) is 0 Å². The highest BCUT2D eigenvalue weighted by Crippen LogP contribution is 2.18. The van der Waals surface area contributed by atoms with E-state index in [2.05, 4.69) is 198 Å². The van der Waals surface area contributed by atoms with Crippen molar-refractivity contribution in [2.45, 2.75) is 329 Å². The quantitative estimate of drug-likeness (QED) is 0.0272. The highest BCUT2D eigenvalue weighted by Gasteiger charge is 2.15. The Labute approximate surface area is 607 Å².